The zero-order valence-electron chi connectivity index (χ0n) is 8.38. The molecule has 2 heteroatoms. The van der Waals surface area contributed by atoms with Crippen molar-refractivity contribution in [2.75, 3.05) is 12.3 Å². The Morgan fingerprint density at radius 1 is 1.17 bits per heavy atom. The Kier molecular flexibility index (Phi) is 6.47. The van der Waals surface area contributed by atoms with Crippen LogP contribution in [-0.4, -0.2) is 12.3 Å². The van der Waals surface area contributed by atoms with Gasteiger partial charge in [-0.15, -0.1) is 0 Å². The molecule has 0 N–H and O–H groups in total. The first-order chi connectivity index (χ1) is 5.68. The average molecular weight is 188 g/mol. The molecule has 0 saturated carbocycles. The summed E-state index contributed by atoms with van der Waals surface area (Å²) < 4.78 is 12.0. The number of rotatable bonds is 7. The minimum atomic E-state index is -1.97. The number of hydrogen-bond donors (Lipinski definition) is 0. The van der Waals surface area contributed by atoms with Crippen LogP contribution in [0.3, 0.4) is 0 Å². The second-order valence-electron chi connectivity index (χ2n) is 3.29. The van der Waals surface area contributed by atoms with Crippen LogP contribution < -0.4 is 0 Å². The fraction of sp³-hybridized carbons (Fsp3) is 0.800. The Bertz CT molecular complexity index is 151. The van der Waals surface area contributed by atoms with Crippen LogP contribution in [0.4, 0.5) is 0 Å². The first-order valence-electron chi connectivity index (χ1n) is 4.90. The predicted molar refractivity (Wildman–Crippen MR) is 57.4 cm³/mol. The van der Waals surface area contributed by atoms with Crippen molar-refractivity contribution in [3.05, 3.63) is 12.4 Å². The largest absolute Gasteiger partial charge is 0.319 e. The molecule has 0 amide bonds. The smallest absolute Gasteiger partial charge is 0.108 e. The summed E-state index contributed by atoms with van der Waals surface area (Å²) in [6, 6.07) is 0. The van der Waals surface area contributed by atoms with Gasteiger partial charge in [-0.1, -0.05) is 33.3 Å². The average Bonchev–Trinajstić information content (AvgIpc) is 2.11. The van der Waals surface area contributed by atoms with Crippen LogP contribution in [0.2, 0.25) is 0 Å². The van der Waals surface area contributed by atoms with Gasteiger partial charge in [-0.05, 0) is 18.7 Å². The molecule has 0 atom stereocenters. The molecule has 0 radical (unpaired) electrons. The molecular formula is C10H21OP. The molecule has 0 aromatic carbocycles. The maximum absolute atomic E-state index is 12.0. The molecule has 0 aliphatic heterocycles. The van der Waals surface area contributed by atoms with Crippen molar-refractivity contribution < 1.29 is 4.57 Å². The highest BCUT2D eigenvalue weighted by Crippen LogP contribution is 2.48. The molecule has 0 aliphatic carbocycles. The summed E-state index contributed by atoms with van der Waals surface area (Å²) in [4.78, 5) is 0. The van der Waals surface area contributed by atoms with Crippen LogP contribution in [0.25, 0.3) is 0 Å². The summed E-state index contributed by atoms with van der Waals surface area (Å²) in [7, 11) is -1.97. The minimum absolute atomic E-state index is 0.868. The Labute approximate surface area is 76.6 Å². The van der Waals surface area contributed by atoms with E-state index in [0.29, 0.717) is 0 Å². The third kappa shape index (κ3) is 4.77. The predicted octanol–water partition coefficient (Wildman–Crippen LogP) is 4.09. The van der Waals surface area contributed by atoms with E-state index in [4.69, 9.17) is 0 Å². The van der Waals surface area contributed by atoms with Crippen LogP contribution in [-0.2, 0) is 4.57 Å². The zero-order valence-corrected chi connectivity index (χ0v) is 9.28. The standard InChI is InChI=1S/C10H21OP/c1-4-7-9-12(11,6-3)10-8-5-2/h6H,3-5,7-10H2,1-2H3. The number of hydrogen-bond acceptors (Lipinski definition) is 1. The molecule has 0 saturated heterocycles. The second-order valence-corrected chi connectivity index (χ2v) is 6.45. The van der Waals surface area contributed by atoms with Gasteiger partial charge < -0.3 is 4.57 Å². The third-order valence-electron chi connectivity index (χ3n) is 2.11. The van der Waals surface area contributed by atoms with Gasteiger partial charge in [-0.2, -0.15) is 0 Å². The van der Waals surface area contributed by atoms with Gasteiger partial charge in [0.1, 0.15) is 7.14 Å². The molecule has 0 rings (SSSR count). The van der Waals surface area contributed by atoms with Crippen LogP contribution >= 0.6 is 7.14 Å². The zero-order chi connectivity index (χ0) is 9.45. The monoisotopic (exact) mass is 188 g/mol. The molecule has 0 heterocycles. The van der Waals surface area contributed by atoms with Gasteiger partial charge in [-0.3, -0.25) is 0 Å². The number of unbranched alkanes of at least 4 members (excludes halogenated alkanes) is 2. The van der Waals surface area contributed by atoms with Crippen LogP contribution in [0, 0.1) is 0 Å². The van der Waals surface area contributed by atoms with Crippen LogP contribution in [0.15, 0.2) is 12.4 Å². The topological polar surface area (TPSA) is 17.1 Å². The lowest BCUT2D eigenvalue weighted by molar-refractivity contribution is 0.576. The van der Waals surface area contributed by atoms with Gasteiger partial charge in [-0.25, -0.2) is 0 Å². The lowest BCUT2D eigenvalue weighted by atomic mass is 10.4. The first kappa shape index (κ1) is 12.0. The van der Waals surface area contributed by atoms with Gasteiger partial charge in [0.15, 0.2) is 0 Å². The molecule has 0 spiro atoms. The van der Waals surface area contributed by atoms with Crippen molar-refractivity contribution in [2.45, 2.75) is 39.5 Å². The molecule has 72 valence electrons. The van der Waals surface area contributed by atoms with E-state index in [1.807, 2.05) is 0 Å². The van der Waals surface area contributed by atoms with Crippen molar-refractivity contribution in [1.82, 2.24) is 0 Å². The molecule has 1 nitrogen and oxygen atoms in total. The summed E-state index contributed by atoms with van der Waals surface area (Å²) in [5, 5.41) is 0. The van der Waals surface area contributed by atoms with E-state index in [-0.39, 0.29) is 0 Å². The highest BCUT2D eigenvalue weighted by Gasteiger charge is 2.15. The van der Waals surface area contributed by atoms with Crippen LogP contribution in [0.5, 0.6) is 0 Å². The van der Waals surface area contributed by atoms with Gasteiger partial charge in [0.05, 0.1) is 0 Å². The molecule has 0 bridgehead atoms. The van der Waals surface area contributed by atoms with E-state index >= 15 is 0 Å². The normalized spacial score (nSPS) is 11.5. The molecule has 0 aliphatic rings. The highest BCUT2D eigenvalue weighted by atomic mass is 31.2. The summed E-state index contributed by atoms with van der Waals surface area (Å²) in [6.45, 7) is 7.94. The van der Waals surface area contributed by atoms with Crippen LogP contribution in [0.1, 0.15) is 39.5 Å². The summed E-state index contributed by atoms with van der Waals surface area (Å²) in [5.74, 6) is 1.71. The van der Waals surface area contributed by atoms with Gasteiger partial charge >= 0.3 is 0 Å². The molecule has 0 aromatic heterocycles. The SMILES string of the molecule is C=CP(=O)(CCCC)CCCC. The van der Waals surface area contributed by atoms with Crippen molar-refractivity contribution in [3.63, 3.8) is 0 Å². The maximum atomic E-state index is 12.0. The molecule has 0 aromatic rings. The van der Waals surface area contributed by atoms with Gasteiger partial charge in [0.2, 0.25) is 0 Å². The summed E-state index contributed by atoms with van der Waals surface area (Å²) in [6.07, 6.45) is 6.15. The maximum Gasteiger partial charge on any atom is 0.108 e. The summed E-state index contributed by atoms with van der Waals surface area (Å²) >= 11 is 0. The lowest BCUT2D eigenvalue weighted by Crippen LogP contribution is -1.92. The van der Waals surface area contributed by atoms with Gasteiger partial charge in [0.25, 0.3) is 0 Å². The Balaban J connectivity index is 3.87. The molecular weight excluding hydrogens is 167 g/mol. The first-order valence-corrected chi connectivity index (χ1v) is 7.04. The minimum Gasteiger partial charge on any atom is -0.319 e. The van der Waals surface area contributed by atoms with Crippen molar-refractivity contribution in [3.8, 4) is 0 Å². The Morgan fingerprint density at radius 2 is 1.58 bits per heavy atom. The van der Waals surface area contributed by atoms with E-state index in [2.05, 4.69) is 20.4 Å². The third-order valence-corrected chi connectivity index (χ3v) is 4.92. The molecule has 0 fully saturated rings. The van der Waals surface area contributed by atoms with Crippen molar-refractivity contribution in [2.24, 2.45) is 0 Å². The summed E-state index contributed by atoms with van der Waals surface area (Å²) in [5.41, 5.74) is 0. The fourth-order valence-electron chi connectivity index (χ4n) is 1.15. The van der Waals surface area contributed by atoms with E-state index in [0.717, 1.165) is 38.0 Å². The Hall–Kier alpha value is -0.0300. The van der Waals surface area contributed by atoms with E-state index in [9.17, 15) is 4.57 Å². The van der Waals surface area contributed by atoms with Gasteiger partial charge in [0, 0.05) is 12.3 Å². The Morgan fingerprint density at radius 3 is 1.83 bits per heavy atom. The van der Waals surface area contributed by atoms with E-state index < -0.39 is 7.14 Å². The quantitative estimate of drug-likeness (QED) is 0.550. The second kappa shape index (κ2) is 6.48. The lowest BCUT2D eigenvalue weighted by Gasteiger charge is -2.12. The fourth-order valence-corrected chi connectivity index (χ4v) is 3.44. The van der Waals surface area contributed by atoms with E-state index in [1.165, 1.54) is 0 Å². The van der Waals surface area contributed by atoms with Crippen molar-refractivity contribution >= 4 is 7.14 Å². The van der Waals surface area contributed by atoms with Crippen molar-refractivity contribution in [1.29, 1.82) is 0 Å². The molecule has 12 heavy (non-hydrogen) atoms. The van der Waals surface area contributed by atoms with E-state index in [1.54, 1.807) is 5.82 Å². The highest BCUT2D eigenvalue weighted by molar-refractivity contribution is 7.67. The molecule has 0 unspecified atom stereocenters.